The van der Waals surface area contributed by atoms with E-state index in [1.54, 1.807) is 0 Å². The monoisotopic (exact) mass is 295 g/mol. The number of hydrogen-bond donors (Lipinski definition) is 0. The van der Waals surface area contributed by atoms with Gasteiger partial charge in [0.15, 0.2) is 0 Å². The number of nitrogens with zero attached hydrogens (tertiary/aromatic N) is 1. The van der Waals surface area contributed by atoms with Gasteiger partial charge in [0.1, 0.15) is 0 Å². The molecule has 118 valence electrons. The Labute approximate surface area is 136 Å². The largest absolute Gasteiger partial charge is 0.300 e. The van der Waals surface area contributed by atoms with Gasteiger partial charge in [-0.2, -0.15) is 0 Å². The van der Waals surface area contributed by atoms with Gasteiger partial charge in [-0.05, 0) is 56.8 Å². The highest BCUT2D eigenvalue weighted by molar-refractivity contribution is 5.16. The van der Waals surface area contributed by atoms with Crippen LogP contribution in [0.15, 0.2) is 60.7 Å². The summed E-state index contributed by atoms with van der Waals surface area (Å²) in [6.45, 7) is 7.03. The second-order valence-corrected chi connectivity index (χ2v) is 6.16. The van der Waals surface area contributed by atoms with Crippen LogP contribution in [0.5, 0.6) is 0 Å². The van der Waals surface area contributed by atoms with Crippen molar-refractivity contribution >= 4 is 0 Å². The van der Waals surface area contributed by atoms with E-state index in [-0.39, 0.29) is 0 Å². The molecule has 0 saturated carbocycles. The number of rotatable bonds is 9. The van der Waals surface area contributed by atoms with Crippen LogP contribution in [-0.2, 0) is 12.8 Å². The standard InChI is InChI=1S/C21H29N/c1-3-16-22(17-10-15-20-11-6-4-7-12-20)19(2)18-21-13-8-5-9-14-21/h4-9,11-14,19H,3,10,15-18H2,1-2H3. The highest BCUT2D eigenvalue weighted by Gasteiger charge is 2.13. The van der Waals surface area contributed by atoms with Crippen molar-refractivity contribution in [3.63, 3.8) is 0 Å². The minimum Gasteiger partial charge on any atom is -0.300 e. The molecule has 0 bridgehead atoms. The minimum atomic E-state index is 0.609. The van der Waals surface area contributed by atoms with Crippen LogP contribution in [-0.4, -0.2) is 24.0 Å². The SMILES string of the molecule is CCCN(CCCc1ccccc1)C(C)Cc1ccccc1. The summed E-state index contributed by atoms with van der Waals surface area (Å²) in [6, 6.07) is 22.3. The molecule has 0 heterocycles. The van der Waals surface area contributed by atoms with Gasteiger partial charge in [-0.3, -0.25) is 0 Å². The lowest BCUT2D eigenvalue weighted by molar-refractivity contribution is 0.205. The molecule has 2 rings (SSSR count). The summed E-state index contributed by atoms with van der Waals surface area (Å²) < 4.78 is 0. The fourth-order valence-corrected chi connectivity index (χ4v) is 3.06. The molecule has 0 aliphatic carbocycles. The lowest BCUT2D eigenvalue weighted by Gasteiger charge is -2.29. The van der Waals surface area contributed by atoms with Crippen molar-refractivity contribution in [1.82, 2.24) is 4.90 Å². The third-order valence-electron chi connectivity index (χ3n) is 4.26. The lowest BCUT2D eigenvalue weighted by Crippen LogP contribution is -2.36. The van der Waals surface area contributed by atoms with Gasteiger partial charge in [-0.15, -0.1) is 0 Å². The zero-order valence-electron chi connectivity index (χ0n) is 14.0. The van der Waals surface area contributed by atoms with E-state index in [1.807, 2.05) is 0 Å². The van der Waals surface area contributed by atoms with E-state index < -0.39 is 0 Å². The molecule has 2 aromatic rings. The Morgan fingerprint density at radius 2 is 1.41 bits per heavy atom. The van der Waals surface area contributed by atoms with Crippen LogP contribution in [0.4, 0.5) is 0 Å². The average molecular weight is 295 g/mol. The van der Waals surface area contributed by atoms with E-state index in [0.29, 0.717) is 6.04 Å². The first-order valence-electron chi connectivity index (χ1n) is 8.61. The Morgan fingerprint density at radius 1 is 0.818 bits per heavy atom. The summed E-state index contributed by atoms with van der Waals surface area (Å²) in [7, 11) is 0. The van der Waals surface area contributed by atoms with Crippen LogP contribution in [0.2, 0.25) is 0 Å². The quantitative estimate of drug-likeness (QED) is 0.632. The molecule has 1 unspecified atom stereocenters. The van der Waals surface area contributed by atoms with Gasteiger partial charge in [0.25, 0.3) is 0 Å². The molecule has 0 saturated heterocycles. The van der Waals surface area contributed by atoms with E-state index in [0.717, 1.165) is 6.42 Å². The molecule has 2 aromatic carbocycles. The van der Waals surface area contributed by atoms with Crippen molar-refractivity contribution in [1.29, 1.82) is 0 Å². The molecule has 0 fully saturated rings. The third kappa shape index (κ3) is 5.65. The first kappa shape index (κ1) is 16.8. The molecule has 1 atom stereocenters. The number of hydrogen-bond acceptors (Lipinski definition) is 1. The van der Waals surface area contributed by atoms with Crippen LogP contribution in [0.25, 0.3) is 0 Å². The van der Waals surface area contributed by atoms with Crippen molar-refractivity contribution in [2.24, 2.45) is 0 Å². The van der Waals surface area contributed by atoms with Gasteiger partial charge in [0, 0.05) is 6.04 Å². The van der Waals surface area contributed by atoms with Crippen molar-refractivity contribution in [3.8, 4) is 0 Å². The molecule has 1 nitrogen and oxygen atoms in total. The van der Waals surface area contributed by atoms with Crippen LogP contribution >= 0.6 is 0 Å². The van der Waals surface area contributed by atoms with E-state index in [4.69, 9.17) is 0 Å². The van der Waals surface area contributed by atoms with Gasteiger partial charge in [0.2, 0.25) is 0 Å². The van der Waals surface area contributed by atoms with Gasteiger partial charge in [-0.1, -0.05) is 67.6 Å². The molecule has 0 aliphatic heterocycles. The van der Waals surface area contributed by atoms with E-state index >= 15 is 0 Å². The molecule has 0 amide bonds. The molecular formula is C21H29N. The summed E-state index contributed by atoms with van der Waals surface area (Å²) in [5.41, 5.74) is 2.90. The van der Waals surface area contributed by atoms with Crippen LogP contribution in [0, 0.1) is 0 Å². The molecule has 0 aliphatic rings. The van der Waals surface area contributed by atoms with Gasteiger partial charge in [0.05, 0.1) is 0 Å². The number of benzene rings is 2. The lowest BCUT2D eigenvalue weighted by atomic mass is 10.0. The van der Waals surface area contributed by atoms with Crippen molar-refractivity contribution in [2.75, 3.05) is 13.1 Å². The third-order valence-corrected chi connectivity index (χ3v) is 4.26. The maximum atomic E-state index is 2.65. The Hall–Kier alpha value is -1.60. The second kappa shape index (κ2) is 9.42. The predicted octanol–water partition coefficient (Wildman–Crippen LogP) is 4.96. The Bertz CT molecular complexity index is 506. The maximum absolute atomic E-state index is 2.65. The fourth-order valence-electron chi connectivity index (χ4n) is 3.06. The molecular weight excluding hydrogens is 266 g/mol. The Balaban J connectivity index is 1.83. The van der Waals surface area contributed by atoms with Crippen LogP contribution in [0.1, 0.15) is 37.8 Å². The van der Waals surface area contributed by atoms with E-state index in [1.165, 1.54) is 43.5 Å². The van der Waals surface area contributed by atoms with Crippen molar-refractivity contribution < 1.29 is 0 Å². The molecule has 22 heavy (non-hydrogen) atoms. The van der Waals surface area contributed by atoms with Crippen LogP contribution < -0.4 is 0 Å². The predicted molar refractivity (Wildman–Crippen MR) is 96.2 cm³/mol. The topological polar surface area (TPSA) is 3.24 Å². The van der Waals surface area contributed by atoms with Crippen molar-refractivity contribution in [2.45, 2.75) is 45.6 Å². The summed E-state index contributed by atoms with van der Waals surface area (Å²) in [5.74, 6) is 0. The molecule has 0 radical (unpaired) electrons. The Kier molecular flexibility index (Phi) is 7.18. The molecule has 0 N–H and O–H groups in total. The zero-order chi connectivity index (χ0) is 15.6. The highest BCUT2D eigenvalue weighted by Crippen LogP contribution is 2.11. The van der Waals surface area contributed by atoms with E-state index in [9.17, 15) is 0 Å². The summed E-state index contributed by atoms with van der Waals surface area (Å²) in [6.07, 6.45) is 4.79. The summed E-state index contributed by atoms with van der Waals surface area (Å²) in [4.78, 5) is 2.65. The first-order chi connectivity index (χ1) is 10.8. The maximum Gasteiger partial charge on any atom is 0.0107 e. The zero-order valence-corrected chi connectivity index (χ0v) is 14.0. The summed E-state index contributed by atoms with van der Waals surface area (Å²) in [5, 5.41) is 0. The molecule has 0 spiro atoms. The van der Waals surface area contributed by atoms with Crippen LogP contribution in [0.3, 0.4) is 0 Å². The fraction of sp³-hybridized carbons (Fsp3) is 0.429. The normalized spacial score (nSPS) is 12.5. The Morgan fingerprint density at radius 3 is 2.00 bits per heavy atom. The average Bonchev–Trinajstić information content (AvgIpc) is 2.56. The highest BCUT2D eigenvalue weighted by atomic mass is 15.1. The van der Waals surface area contributed by atoms with E-state index in [2.05, 4.69) is 79.4 Å². The smallest absolute Gasteiger partial charge is 0.0107 e. The van der Waals surface area contributed by atoms with Gasteiger partial charge >= 0.3 is 0 Å². The second-order valence-electron chi connectivity index (χ2n) is 6.16. The van der Waals surface area contributed by atoms with Gasteiger partial charge in [-0.25, -0.2) is 0 Å². The summed E-state index contributed by atoms with van der Waals surface area (Å²) >= 11 is 0. The first-order valence-corrected chi connectivity index (χ1v) is 8.61. The minimum absolute atomic E-state index is 0.609. The molecule has 1 heteroatoms. The van der Waals surface area contributed by atoms with Crippen molar-refractivity contribution in [3.05, 3.63) is 71.8 Å². The number of aryl methyl sites for hydroxylation is 1. The van der Waals surface area contributed by atoms with Gasteiger partial charge < -0.3 is 4.90 Å². The molecule has 0 aromatic heterocycles.